The molecule has 1 aliphatic rings. The van der Waals surface area contributed by atoms with Crippen molar-refractivity contribution in [2.75, 3.05) is 32.8 Å². The van der Waals surface area contributed by atoms with Gasteiger partial charge in [0.2, 0.25) is 5.91 Å². The number of carbonyl (C=O) groups is 1. The number of piperazine rings is 1. The van der Waals surface area contributed by atoms with Gasteiger partial charge in [0, 0.05) is 31.9 Å². The number of rotatable bonds is 10. The molecule has 1 amide bonds. The van der Waals surface area contributed by atoms with Crippen molar-refractivity contribution in [3.63, 3.8) is 0 Å². The van der Waals surface area contributed by atoms with Crippen molar-refractivity contribution in [3.8, 4) is 5.69 Å². The van der Waals surface area contributed by atoms with E-state index in [1.807, 2.05) is 22.9 Å². The zero-order valence-electron chi connectivity index (χ0n) is 22.2. The van der Waals surface area contributed by atoms with E-state index in [1.54, 1.807) is 0 Å². The van der Waals surface area contributed by atoms with Crippen LogP contribution in [-0.2, 0) is 17.6 Å². The molecule has 0 spiro atoms. The lowest BCUT2D eigenvalue weighted by atomic mass is 9.96. The van der Waals surface area contributed by atoms with E-state index in [9.17, 15) is 4.79 Å². The number of nitrogens with one attached hydrogen (secondary N) is 1. The fraction of sp³-hybridized carbons (Fsp3) is 0.312. The van der Waals surface area contributed by atoms with E-state index in [0.717, 1.165) is 56.1 Å². The number of hydrogen-bond donors (Lipinski definition) is 1. The van der Waals surface area contributed by atoms with Crippen LogP contribution in [0.25, 0.3) is 5.69 Å². The molecule has 1 saturated heterocycles. The maximum Gasteiger partial charge on any atom is 0.227 e. The first kappa shape index (κ1) is 25.9. The molecule has 4 aromatic rings. The molecule has 0 unspecified atom stereocenters. The zero-order valence-corrected chi connectivity index (χ0v) is 22.2. The highest BCUT2D eigenvalue weighted by Crippen LogP contribution is 2.29. The topological polar surface area (TPSA) is 53.4 Å². The number of aryl methyl sites for hydroxylation is 1. The second-order valence-corrected chi connectivity index (χ2v) is 9.94. The van der Waals surface area contributed by atoms with Gasteiger partial charge in [-0.2, -0.15) is 5.10 Å². The molecule has 5 rings (SSSR count). The van der Waals surface area contributed by atoms with Crippen molar-refractivity contribution >= 4 is 5.91 Å². The Morgan fingerprint density at radius 3 is 2.00 bits per heavy atom. The van der Waals surface area contributed by atoms with Crippen molar-refractivity contribution in [1.82, 2.24) is 24.9 Å². The van der Waals surface area contributed by atoms with Gasteiger partial charge in [-0.25, -0.2) is 4.68 Å². The van der Waals surface area contributed by atoms with Crippen LogP contribution in [0.2, 0.25) is 0 Å². The Bertz CT molecular complexity index is 1240. The summed E-state index contributed by atoms with van der Waals surface area (Å²) in [5, 5.41) is 7.88. The molecule has 0 bridgehead atoms. The van der Waals surface area contributed by atoms with Crippen LogP contribution >= 0.6 is 0 Å². The molecule has 38 heavy (non-hydrogen) atoms. The number of para-hydroxylation sites is 1. The summed E-state index contributed by atoms with van der Waals surface area (Å²) >= 11 is 0. The summed E-state index contributed by atoms with van der Waals surface area (Å²) in [4.78, 5) is 17.7. The Hall–Kier alpha value is -3.74. The van der Waals surface area contributed by atoms with E-state index in [0.29, 0.717) is 13.1 Å². The molecule has 2 heterocycles. The first-order valence-electron chi connectivity index (χ1n) is 13.7. The van der Waals surface area contributed by atoms with Crippen LogP contribution in [0.4, 0.5) is 0 Å². The second kappa shape index (κ2) is 12.7. The van der Waals surface area contributed by atoms with E-state index in [4.69, 9.17) is 5.10 Å². The van der Waals surface area contributed by atoms with E-state index < -0.39 is 0 Å². The van der Waals surface area contributed by atoms with Gasteiger partial charge < -0.3 is 5.32 Å². The van der Waals surface area contributed by atoms with Gasteiger partial charge in [-0.3, -0.25) is 14.6 Å². The Balaban J connectivity index is 1.16. The molecular weight excluding hydrogens is 470 g/mol. The van der Waals surface area contributed by atoms with E-state index in [2.05, 4.69) is 101 Å². The molecule has 0 atom stereocenters. The average Bonchev–Trinajstić information content (AvgIpc) is 3.36. The molecule has 0 saturated carbocycles. The Kier molecular flexibility index (Phi) is 8.64. The predicted molar refractivity (Wildman–Crippen MR) is 152 cm³/mol. The smallest absolute Gasteiger partial charge is 0.227 e. The van der Waals surface area contributed by atoms with E-state index >= 15 is 0 Å². The summed E-state index contributed by atoms with van der Waals surface area (Å²) in [7, 11) is 0. The highest BCUT2D eigenvalue weighted by molar-refractivity contribution is 5.78. The van der Waals surface area contributed by atoms with Crippen LogP contribution in [0.5, 0.6) is 0 Å². The van der Waals surface area contributed by atoms with Crippen molar-refractivity contribution in [2.45, 2.75) is 32.2 Å². The molecule has 1 aliphatic heterocycles. The van der Waals surface area contributed by atoms with Crippen LogP contribution in [0.15, 0.2) is 97.1 Å². The lowest BCUT2D eigenvalue weighted by Gasteiger charge is -2.39. The lowest BCUT2D eigenvalue weighted by molar-refractivity contribution is -0.121. The molecule has 1 N–H and O–H groups in total. The number of amides is 1. The number of hydrogen-bond acceptors (Lipinski definition) is 4. The summed E-state index contributed by atoms with van der Waals surface area (Å²) in [6.45, 7) is 6.46. The second-order valence-electron chi connectivity index (χ2n) is 9.94. The van der Waals surface area contributed by atoms with E-state index in [1.165, 1.54) is 11.1 Å². The normalized spacial score (nSPS) is 14.6. The molecule has 6 heteroatoms. The highest BCUT2D eigenvalue weighted by atomic mass is 16.1. The molecule has 1 fully saturated rings. The van der Waals surface area contributed by atoms with Crippen molar-refractivity contribution in [3.05, 3.63) is 120 Å². The monoisotopic (exact) mass is 507 g/mol. The van der Waals surface area contributed by atoms with Gasteiger partial charge in [-0.1, -0.05) is 92.2 Å². The van der Waals surface area contributed by atoms with Crippen molar-refractivity contribution < 1.29 is 4.79 Å². The van der Waals surface area contributed by atoms with Gasteiger partial charge in [0.05, 0.1) is 30.5 Å². The minimum absolute atomic E-state index is 0.0136. The fourth-order valence-electron chi connectivity index (χ4n) is 5.28. The van der Waals surface area contributed by atoms with Crippen LogP contribution in [0, 0.1) is 0 Å². The molecule has 0 aliphatic carbocycles. The maximum atomic E-state index is 12.8. The summed E-state index contributed by atoms with van der Waals surface area (Å²) < 4.78 is 1.97. The Morgan fingerprint density at radius 1 is 0.842 bits per heavy atom. The molecule has 0 radical (unpaired) electrons. The van der Waals surface area contributed by atoms with Crippen LogP contribution in [0.1, 0.15) is 41.9 Å². The number of carbonyl (C=O) groups excluding carboxylic acids is 1. The SMILES string of the molecule is CCCc1cc(CC(=O)NCN2CCN(C(c3ccccc3)c3ccccc3)CC2)nn1-c1ccccc1. The first-order valence-corrected chi connectivity index (χ1v) is 13.7. The van der Waals surface area contributed by atoms with Crippen LogP contribution in [-0.4, -0.2) is 58.3 Å². The zero-order chi connectivity index (χ0) is 26.2. The minimum Gasteiger partial charge on any atom is -0.343 e. The number of nitrogens with zero attached hydrogens (tertiary/aromatic N) is 4. The van der Waals surface area contributed by atoms with Gasteiger partial charge in [0.1, 0.15) is 0 Å². The molecule has 3 aromatic carbocycles. The summed E-state index contributed by atoms with van der Waals surface area (Å²) in [5.74, 6) is 0.0136. The standard InChI is InChI=1S/C32H37N5O/c1-2-12-30-23-28(34-37(30)29-17-10-5-11-18-29)24-31(38)33-25-35-19-21-36(22-20-35)32(26-13-6-3-7-14-26)27-15-8-4-9-16-27/h3-11,13-18,23,32H,2,12,19-22,24-25H2,1H3,(H,33,38). The maximum absolute atomic E-state index is 12.8. The quantitative estimate of drug-likeness (QED) is 0.334. The summed E-state index contributed by atoms with van der Waals surface area (Å²) in [6, 6.07) is 33.9. The van der Waals surface area contributed by atoms with Crippen molar-refractivity contribution in [1.29, 1.82) is 0 Å². The van der Waals surface area contributed by atoms with Gasteiger partial charge in [0.15, 0.2) is 0 Å². The van der Waals surface area contributed by atoms with Gasteiger partial charge in [-0.15, -0.1) is 0 Å². The third-order valence-electron chi connectivity index (χ3n) is 7.18. The third-order valence-corrected chi connectivity index (χ3v) is 7.18. The Morgan fingerprint density at radius 2 is 1.42 bits per heavy atom. The van der Waals surface area contributed by atoms with E-state index in [-0.39, 0.29) is 11.9 Å². The van der Waals surface area contributed by atoms with Crippen LogP contribution in [0.3, 0.4) is 0 Å². The van der Waals surface area contributed by atoms with Crippen LogP contribution < -0.4 is 5.32 Å². The molecular formula is C32H37N5O. The molecule has 1 aromatic heterocycles. The number of benzene rings is 3. The molecule has 6 nitrogen and oxygen atoms in total. The lowest BCUT2D eigenvalue weighted by Crippen LogP contribution is -2.51. The van der Waals surface area contributed by atoms with Gasteiger partial charge >= 0.3 is 0 Å². The largest absolute Gasteiger partial charge is 0.343 e. The fourth-order valence-corrected chi connectivity index (χ4v) is 5.28. The predicted octanol–water partition coefficient (Wildman–Crippen LogP) is 4.85. The minimum atomic E-state index is 0.0136. The summed E-state index contributed by atoms with van der Waals surface area (Å²) in [6.07, 6.45) is 2.26. The average molecular weight is 508 g/mol. The molecule has 196 valence electrons. The van der Waals surface area contributed by atoms with Gasteiger partial charge in [-0.05, 0) is 35.7 Å². The first-order chi connectivity index (χ1) is 18.7. The van der Waals surface area contributed by atoms with Gasteiger partial charge in [0.25, 0.3) is 0 Å². The highest BCUT2D eigenvalue weighted by Gasteiger charge is 2.26. The third kappa shape index (κ3) is 6.39. The summed E-state index contributed by atoms with van der Waals surface area (Å²) in [5.41, 5.74) is 5.62. The van der Waals surface area contributed by atoms with Crippen molar-refractivity contribution in [2.24, 2.45) is 0 Å². The Labute approximate surface area is 225 Å². The number of aromatic nitrogens is 2.